The van der Waals surface area contributed by atoms with Gasteiger partial charge in [-0.2, -0.15) is 18.2 Å². The number of rotatable bonds is 2. The Kier molecular flexibility index (Phi) is 3.36. The van der Waals surface area contributed by atoms with Crippen LogP contribution in [0.15, 0.2) is 22.7 Å². The second-order valence-electron chi connectivity index (χ2n) is 6.16. The highest BCUT2D eigenvalue weighted by molar-refractivity contribution is 5.99. The molecule has 1 fully saturated rings. The van der Waals surface area contributed by atoms with Crippen LogP contribution in [0.5, 0.6) is 0 Å². The summed E-state index contributed by atoms with van der Waals surface area (Å²) in [4.78, 5) is 17.8. The standard InChI is InChI=1S/C16H14F3N3O2/c17-16(18,19)15-20-13(21-24-15)9-5-6-10-8-22(11-3-1-2-4-11)14(23)12(10)7-9/h5-7,11H,1-4,8H2. The van der Waals surface area contributed by atoms with Crippen molar-refractivity contribution in [2.45, 2.75) is 44.4 Å². The van der Waals surface area contributed by atoms with E-state index in [0.717, 1.165) is 31.2 Å². The molecule has 1 amide bonds. The van der Waals surface area contributed by atoms with Gasteiger partial charge in [0.15, 0.2) is 0 Å². The molecule has 4 rings (SSSR count). The molecule has 1 saturated carbocycles. The topological polar surface area (TPSA) is 59.2 Å². The highest BCUT2D eigenvalue weighted by Crippen LogP contribution is 2.34. The van der Waals surface area contributed by atoms with E-state index in [1.54, 1.807) is 18.2 Å². The molecule has 0 saturated heterocycles. The first-order chi connectivity index (χ1) is 11.4. The SMILES string of the molecule is O=C1c2cc(-c3noc(C(F)(F)F)n3)ccc2CN1C1CCCC1. The number of alkyl halides is 3. The summed E-state index contributed by atoms with van der Waals surface area (Å²) in [6, 6.07) is 5.18. The van der Waals surface area contributed by atoms with Gasteiger partial charge in [-0.3, -0.25) is 4.79 Å². The second-order valence-corrected chi connectivity index (χ2v) is 6.16. The monoisotopic (exact) mass is 337 g/mol. The number of carbonyl (C=O) groups excluding carboxylic acids is 1. The summed E-state index contributed by atoms with van der Waals surface area (Å²) >= 11 is 0. The zero-order chi connectivity index (χ0) is 16.9. The van der Waals surface area contributed by atoms with Gasteiger partial charge < -0.3 is 9.42 Å². The van der Waals surface area contributed by atoms with Crippen LogP contribution in [-0.4, -0.2) is 27.0 Å². The third-order valence-corrected chi connectivity index (χ3v) is 4.63. The van der Waals surface area contributed by atoms with Gasteiger partial charge in [-0.25, -0.2) is 0 Å². The van der Waals surface area contributed by atoms with Crippen LogP contribution in [0.3, 0.4) is 0 Å². The number of hydrogen-bond donors (Lipinski definition) is 0. The van der Waals surface area contributed by atoms with Crippen molar-refractivity contribution >= 4 is 5.91 Å². The Balaban J connectivity index is 1.63. The van der Waals surface area contributed by atoms with E-state index >= 15 is 0 Å². The van der Waals surface area contributed by atoms with Crippen molar-refractivity contribution in [2.75, 3.05) is 0 Å². The van der Waals surface area contributed by atoms with Crippen LogP contribution in [0.1, 0.15) is 47.5 Å². The first-order valence-electron chi connectivity index (χ1n) is 7.78. The zero-order valence-electron chi connectivity index (χ0n) is 12.6. The summed E-state index contributed by atoms with van der Waals surface area (Å²) in [5, 5.41) is 3.37. The summed E-state index contributed by atoms with van der Waals surface area (Å²) in [5.74, 6) is -1.63. The van der Waals surface area contributed by atoms with Crippen LogP contribution in [-0.2, 0) is 12.7 Å². The number of halogens is 3. The quantitative estimate of drug-likeness (QED) is 0.839. The fourth-order valence-electron chi connectivity index (χ4n) is 3.43. The lowest BCUT2D eigenvalue weighted by Gasteiger charge is -2.23. The van der Waals surface area contributed by atoms with E-state index in [-0.39, 0.29) is 17.8 Å². The molecule has 24 heavy (non-hydrogen) atoms. The molecule has 0 atom stereocenters. The van der Waals surface area contributed by atoms with Crippen LogP contribution in [0.2, 0.25) is 0 Å². The first-order valence-corrected chi connectivity index (χ1v) is 7.78. The number of hydrogen-bond acceptors (Lipinski definition) is 4. The van der Waals surface area contributed by atoms with Crippen molar-refractivity contribution in [1.29, 1.82) is 0 Å². The molecular formula is C16H14F3N3O2. The third-order valence-electron chi connectivity index (χ3n) is 4.63. The number of amides is 1. The minimum absolute atomic E-state index is 0.0710. The van der Waals surface area contributed by atoms with Crippen molar-refractivity contribution in [1.82, 2.24) is 15.0 Å². The van der Waals surface area contributed by atoms with Crippen molar-refractivity contribution in [2.24, 2.45) is 0 Å². The molecule has 0 unspecified atom stereocenters. The van der Waals surface area contributed by atoms with Gasteiger partial charge >= 0.3 is 12.1 Å². The third kappa shape index (κ3) is 2.46. The maximum Gasteiger partial charge on any atom is 0.471 e. The molecule has 1 aromatic carbocycles. The van der Waals surface area contributed by atoms with E-state index in [1.165, 1.54) is 0 Å². The Morgan fingerprint density at radius 1 is 1.21 bits per heavy atom. The molecule has 2 aromatic rings. The van der Waals surface area contributed by atoms with Gasteiger partial charge in [0.2, 0.25) is 5.82 Å². The Morgan fingerprint density at radius 3 is 2.62 bits per heavy atom. The Morgan fingerprint density at radius 2 is 1.96 bits per heavy atom. The summed E-state index contributed by atoms with van der Waals surface area (Å²) in [7, 11) is 0. The highest BCUT2D eigenvalue weighted by atomic mass is 19.4. The van der Waals surface area contributed by atoms with Gasteiger partial charge in [0.25, 0.3) is 5.91 Å². The van der Waals surface area contributed by atoms with Gasteiger partial charge in [0.1, 0.15) is 0 Å². The second kappa shape index (κ2) is 5.32. The molecule has 0 N–H and O–H groups in total. The molecular weight excluding hydrogens is 323 g/mol. The van der Waals surface area contributed by atoms with Crippen LogP contribution in [0.25, 0.3) is 11.4 Å². The van der Waals surface area contributed by atoms with Crippen molar-refractivity contribution < 1.29 is 22.5 Å². The first kappa shape index (κ1) is 15.2. The molecule has 126 valence electrons. The molecule has 2 aliphatic rings. The summed E-state index contributed by atoms with van der Waals surface area (Å²) in [5.41, 5.74) is 1.74. The van der Waals surface area contributed by atoms with Crippen LogP contribution < -0.4 is 0 Å². The largest absolute Gasteiger partial charge is 0.471 e. The molecule has 1 aliphatic carbocycles. The molecule has 5 nitrogen and oxygen atoms in total. The zero-order valence-corrected chi connectivity index (χ0v) is 12.6. The number of benzene rings is 1. The molecule has 0 bridgehead atoms. The van der Waals surface area contributed by atoms with Gasteiger partial charge in [-0.1, -0.05) is 30.1 Å². The maximum atomic E-state index is 12.6. The predicted octanol–water partition coefficient (Wildman–Crippen LogP) is 3.65. The van der Waals surface area contributed by atoms with Gasteiger partial charge in [0, 0.05) is 23.7 Å². The summed E-state index contributed by atoms with van der Waals surface area (Å²) in [6.07, 6.45) is -0.423. The highest BCUT2D eigenvalue weighted by Gasteiger charge is 2.39. The van der Waals surface area contributed by atoms with Gasteiger partial charge in [0.05, 0.1) is 0 Å². The van der Waals surface area contributed by atoms with E-state index in [1.807, 2.05) is 4.90 Å². The molecule has 0 spiro atoms. The normalized spacial score (nSPS) is 18.5. The summed E-state index contributed by atoms with van der Waals surface area (Å²) in [6.45, 7) is 0.555. The van der Waals surface area contributed by atoms with E-state index in [2.05, 4.69) is 14.7 Å². The lowest BCUT2D eigenvalue weighted by atomic mass is 10.1. The number of fused-ring (bicyclic) bond motifs is 1. The Bertz CT molecular complexity index is 794. The van der Waals surface area contributed by atoms with E-state index in [0.29, 0.717) is 17.7 Å². The van der Waals surface area contributed by atoms with Crippen molar-refractivity contribution in [3.05, 3.63) is 35.2 Å². The van der Waals surface area contributed by atoms with Crippen LogP contribution >= 0.6 is 0 Å². The molecule has 1 aliphatic heterocycles. The number of nitrogens with zero attached hydrogens (tertiary/aromatic N) is 3. The average Bonchev–Trinajstić information content (AvgIpc) is 3.26. The van der Waals surface area contributed by atoms with E-state index in [4.69, 9.17) is 0 Å². The fraction of sp³-hybridized carbons (Fsp3) is 0.438. The minimum Gasteiger partial charge on any atom is -0.331 e. The average molecular weight is 337 g/mol. The lowest BCUT2D eigenvalue weighted by molar-refractivity contribution is -0.159. The van der Waals surface area contributed by atoms with E-state index in [9.17, 15) is 18.0 Å². The number of carbonyl (C=O) groups is 1. The summed E-state index contributed by atoms with van der Waals surface area (Å²) < 4.78 is 41.9. The molecule has 2 heterocycles. The fourth-order valence-corrected chi connectivity index (χ4v) is 3.43. The van der Waals surface area contributed by atoms with Crippen molar-refractivity contribution in [3.8, 4) is 11.4 Å². The molecule has 1 aromatic heterocycles. The predicted molar refractivity (Wildman–Crippen MR) is 76.9 cm³/mol. The van der Waals surface area contributed by atoms with Gasteiger partial charge in [-0.05, 0) is 24.5 Å². The maximum absolute atomic E-state index is 12.6. The molecule has 0 radical (unpaired) electrons. The van der Waals surface area contributed by atoms with Crippen LogP contribution in [0, 0.1) is 0 Å². The smallest absolute Gasteiger partial charge is 0.331 e. The molecule has 8 heteroatoms. The van der Waals surface area contributed by atoms with Gasteiger partial charge in [-0.15, -0.1) is 0 Å². The number of aromatic nitrogens is 2. The van der Waals surface area contributed by atoms with Crippen molar-refractivity contribution in [3.63, 3.8) is 0 Å². The Labute approximate surface area is 135 Å². The van der Waals surface area contributed by atoms with E-state index < -0.39 is 12.1 Å². The van der Waals surface area contributed by atoms with Crippen LogP contribution in [0.4, 0.5) is 13.2 Å². The Hall–Kier alpha value is -2.38. The minimum atomic E-state index is -4.68. The lowest BCUT2D eigenvalue weighted by Crippen LogP contribution is -2.33.